The molecule has 1 aromatic carbocycles. The Bertz CT molecular complexity index is 950. The average Bonchev–Trinajstić information content (AvgIpc) is 2.64. The van der Waals surface area contributed by atoms with E-state index in [1.807, 2.05) is 52.0 Å². The number of benzene rings is 1. The first-order valence-electron chi connectivity index (χ1n) is 9.62. The molecule has 162 valence electrons. The van der Waals surface area contributed by atoms with E-state index < -0.39 is 24.0 Å². The van der Waals surface area contributed by atoms with Gasteiger partial charge in [0, 0.05) is 25.1 Å². The summed E-state index contributed by atoms with van der Waals surface area (Å²) in [6, 6.07) is 7.46. The molecule has 1 aromatic heterocycles. The molecule has 0 aliphatic heterocycles. The van der Waals surface area contributed by atoms with Crippen molar-refractivity contribution >= 4 is 28.7 Å². The molecule has 0 saturated carbocycles. The largest absolute Gasteiger partial charge is 0.452 e. The number of hydrogen-bond donors (Lipinski definition) is 1. The van der Waals surface area contributed by atoms with E-state index in [1.54, 1.807) is 0 Å². The van der Waals surface area contributed by atoms with Gasteiger partial charge in [-0.25, -0.2) is 9.78 Å². The first kappa shape index (κ1) is 23.3. The number of likely N-dealkylation sites (N-methyl/N-ethyl adjacent to an activating group) is 1. The number of carbonyl (C=O) groups excluding carboxylic acids is 3. The lowest BCUT2D eigenvalue weighted by Crippen LogP contribution is -2.46. The quantitative estimate of drug-likeness (QED) is 0.697. The second kappa shape index (κ2) is 9.67. The molecule has 30 heavy (non-hydrogen) atoms. The molecule has 0 saturated heterocycles. The predicted octanol–water partition coefficient (Wildman–Crippen LogP) is 2.22. The minimum atomic E-state index is -0.654. The molecule has 0 spiro atoms. The van der Waals surface area contributed by atoms with Crippen molar-refractivity contribution in [2.24, 2.45) is 0 Å². The van der Waals surface area contributed by atoms with Crippen LogP contribution in [-0.4, -0.2) is 60.5 Å². The van der Waals surface area contributed by atoms with E-state index in [-0.39, 0.29) is 24.6 Å². The molecule has 0 radical (unpaired) electrons. The number of methoxy groups -OCH3 is 1. The van der Waals surface area contributed by atoms with Crippen molar-refractivity contribution in [3.63, 3.8) is 0 Å². The second-order valence-electron chi connectivity index (χ2n) is 8.13. The monoisotopic (exact) mass is 415 g/mol. The molecule has 8 heteroatoms. The van der Waals surface area contributed by atoms with Gasteiger partial charge in [0.2, 0.25) is 5.91 Å². The van der Waals surface area contributed by atoms with Crippen molar-refractivity contribution in [1.29, 1.82) is 0 Å². The lowest BCUT2D eigenvalue weighted by Gasteiger charge is -2.23. The number of ether oxygens (including phenoxy) is 2. The third kappa shape index (κ3) is 6.00. The lowest BCUT2D eigenvalue weighted by molar-refractivity contribution is -0.137. The van der Waals surface area contributed by atoms with Gasteiger partial charge in [0.05, 0.1) is 29.9 Å². The number of hydrogen-bond acceptors (Lipinski definition) is 6. The van der Waals surface area contributed by atoms with Crippen LogP contribution in [0, 0.1) is 6.92 Å². The van der Waals surface area contributed by atoms with Crippen LogP contribution in [0.25, 0.3) is 10.9 Å². The van der Waals surface area contributed by atoms with Gasteiger partial charge in [-0.05, 0) is 39.3 Å². The molecule has 0 atom stereocenters. The maximum atomic E-state index is 12.8. The highest BCUT2D eigenvalue weighted by Gasteiger charge is 2.23. The van der Waals surface area contributed by atoms with Crippen LogP contribution in [0.2, 0.25) is 0 Å². The molecule has 8 nitrogen and oxygen atoms in total. The van der Waals surface area contributed by atoms with Gasteiger partial charge in [0.25, 0.3) is 5.91 Å². The first-order chi connectivity index (χ1) is 14.0. The molecule has 1 N–H and O–H groups in total. The zero-order chi connectivity index (χ0) is 22.5. The average molecular weight is 415 g/mol. The molecule has 2 aromatic rings. The first-order valence-corrected chi connectivity index (χ1v) is 9.62. The summed E-state index contributed by atoms with van der Waals surface area (Å²) in [6.45, 7) is 6.90. The van der Waals surface area contributed by atoms with Crippen LogP contribution in [0.4, 0.5) is 0 Å². The Balaban J connectivity index is 2.11. The van der Waals surface area contributed by atoms with E-state index >= 15 is 0 Å². The minimum Gasteiger partial charge on any atom is -0.452 e. The molecule has 0 bridgehead atoms. The van der Waals surface area contributed by atoms with Crippen molar-refractivity contribution in [2.45, 2.75) is 39.8 Å². The van der Waals surface area contributed by atoms with Crippen LogP contribution < -0.4 is 5.32 Å². The Morgan fingerprint density at radius 3 is 2.47 bits per heavy atom. The van der Waals surface area contributed by atoms with Gasteiger partial charge < -0.3 is 19.7 Å². The molecule has 0 fully saturated rings. The maximum absolute atomic E-state index is 12.8. The molecular formula is C22H29N3O5. The van der Waals surface area contributed by atoms with Crippen LogP contribution in [0.3, 0.4) is 0 Å². The van der Waals surface area contributed by atoms with Crippen molar-refractivity contribution < 1.29 is 23.9 Å². The summed E-state index contributed by atoms with van der Waals surface area (Å²) in [5.41, 5.74) is 1.80. The molecule has 0 aliphatic rings. The van der Waals surface area contributed by atoms with Crippen LogP contribution >= 0.6 is 0 Å². The van der Waals surface area contributed by atoms with E-state index in [4.69, 9.17) is 9.47 Å². The Hall–Kier alpha value is -3.00. The van der Waals surface area contributed by atoms with Gasteiger partial charge in [-0.15, -0.1) is 0 Å². The summed E-state index contributed by atoms with van der Waals surface area (Å²) in [7, 11) is 3.00. The number of amides is 2. The lowest BCUT2D eigenvalue weighted by atomic mass is 10.0. The summed E-state index contributed by atoms with van der Waals surface area (Å²) in [5, 5.41) is 3.60. The topological polar surface area (TPSA) is 97.8 Å². The zero-order valence-corrected chi connectivity index (χ0v) is 18.4. The highest BCUT2D eigenvalue weighted by Crippen LogP contribution is 2.24. The smallest absolute Gasteiger partial charge is 0.340 e. The minimum absolute atomic E-state index is 0.126. The van der Waals surface area contributed by atoms with Gasteiger partial charge in [-0.3, -0.25) is 9.59 Å². The summed E-state index contributed by atoms with van der Waals surface area (Å²) >= 11 is 0. The van der Waals surface area contributed by atoms with Crippen LogP contribution in [0.1, 0.15) is 42.4 Å². The van der Waals surface area contributed by atoms with Gasteiger partial charge in [0.1, 0.15) is 0 Å². The summed E-state index contributed by atoms with van der Waals surface area (Å²) in [6.07, 6.45) is 0. The fourth-order valence-corrected chi connectivity index (χ4v) is 3.02. The van der Waals surface area contributed by atoms with Crippen molar-refractivity contribution in [2.75, 3.05) is 27.3 Å². The number of para-hydroxylation sites is 1. The predicted molar refractivity (Wildman–Crippen MR) is 113 cm³/mol. The number of fused-ring (bicyclic) bond motifs is 1. The highest BCUT2D eigenvalue weighted by atomic mass is 16.5. The van der Waals surface area contributed by atoms with E-state index in [0.717, 1.165) is 10.9 Å². The Kier molecular flexibility index (Phi) is 7.50. The SMILES string of the molecule is COCc1nc2ccccc2c(C)c1C(=O)OCC(=O)N(C)CC(=O)NC(C)(C)C. The Morgan fingerprint density at radius 1 is 1.17 bits per heavy atom. The molecule has 2 amide bonds. The Morgan fingerprint density at radius 2 is 1.83 bits per heavy atom. The summed E-state index contributed by atoms with van der Waals surface area (Å²) in [5.74, 6) is -1.42. The molecule has 0 unspecified atom stereocenters. The Labute approximate surface area is 176 Å². The standard InChI is InChI=1S/C22H29N3O5/c1-14-15-9-7-8-10-16(15)23-17(12-29-6)20(14)21(28)30-13-19(27)25(5)11-18(26)24-22(2,3)4/h7-10H,11-13H2,1-6H3,(H,24,26). The van der Waals surface area contributed by atoms with Gasteiger partial charge >= 0.3 is 5.97 Å². The zero-order valence-electron chi connectivity index (χ0n) is 18.4. The third-order valence-corrected chi connectivity index (χ3v) is 4.36. The number of esters is 1. The number of nitrogens with one attached hydrogen (secondary N) is 1. The summed E-state index contributed by atoms with van der Waals surface area (Å²) in [4.78, 5) is 42.8. The van der Waals surface area contributed by atoms with Crippen molar-refractivity contribution in [3.05, 3.63) is 41.1 Å². The summed E-state index contributed by atoms with van der Waals surface area (Å²) < 4.78 is 10.4. The van der Waals surface area contributed by atoms with E-state index in [1.165, 1.54) is 19.1 Å². The van der Waals surface area contributed by atoms with Crippen molar-refractivity contribution in [1.82, 2.24) is 15.2 Å². The molecule has 1 heterocycles. The highest BCUT2D eigenvalue weighted by molar-refractivity contribution is 5.99. The number of pyridine rings is 1. The van der Waals surface area contributed by atoms with Gasteiger partial charge in [-0.1, -0.05) is 18.2 Å². The molecular weight excluding hydrogens is 386 g/mol. The van der Waals surface area contributed by atoms with E-state index in [9.17, 15) is 14.4 Å². The molecule has 2 rings (SSSR count). The number of aryl methyl sites for hydroxylation is 1. The number of aromatic nitrogens is 1. The normalized spacial score (nSPS) is 11.3. The number of carbonyl (C=O) groups is 3. The van der Waals surface area contributed by atoms with E-state index in [2.05, 4.69) is 10.3 Å². The van der Waals surface area contributed by atoms with Crippen LogP contribution in [-0.2, 0) is 25.7 Å². The molecule has 0 aliphatic carbocycles. The maximum Gasteiger partial charge on any atom is 0.340 e. The fraction of sp³-hybridized carbons (Fsp3) is 0.455. The van der Waals surface area contributed by atoms with Gasteiger partial charge in [-0.2, -0.15) is 0 Å². The van der Waals surface area contributed by atoms with Crippen molar-refractivity contribution in [3.8, 4) is 0 Å². The van der Waals surface area contributed by atoms with Crippen LogP contribution in [0.15, 0.2) is 24.3 Å². The van der Waals surface area contributed by atoms with Crippen LogP contribution in [0.5, 0.6) is 0 Å². The third-order valence-electron chi connectivity index (χ3n) is 4.36. The second-order valence-corrected chi connectivity index (χ2v) is 8.13. The van der Waals surface area contributed by atoms with Gasteiger partial charge in [0.15, 0.2) is 6.61 Å². The number of nitrogens with zero attached hydrogens (tertiary/aromatic N) is 2. The fourth-order valence-electron chi connectivity index (χ4n) is 3.02. The number of rotatable bonds is 7. The van der Waals surface area contributed by atoms with E-state index in [0.29, 0.717) is 11.3 Å².